The van der Waals surface area contributed by atoms with Crippen LogP contribution in [-0.2, 0) is 26.1 Å². The predicted octanol–water partition coefficient (Wildman–Crippen LogP) is 2.76. The topological polar surface area (TPSA) is 105 Å². The Morgan fingerprint density at radius 3 is 2.41 bits per heavy atom. The zero-order valence-corrected chi connectivity index (χ0v) is 19.2. The van der Waals surface area contributed by atoms with Gasteiger partial charge in [-0.2, -0.15) is 0 Å². The van der Waals surface area contributed by atoms with Crippen molar-refractivity contribution in [2.45, 2.75) is 44.2 Å². The summed E-state index contributed by atoms with van der Waals surface area (Å²) in [5.74, 6) is -0.268. The number of carbonyl (C=O) groups excluding carboxylic acids is 2. The number of hydrogen-bond acceptors (Lipinski definition) is 5. The minimum Gasteiger partial charge on any atom is -0.377 e. The van der Waals surface area contributed by atoms with E-state index < -0.39 is 10.0 Å². The normalized spacial score (nSPS) is 16.6. The first-order valence-corrected chi connectivity index (χ1v) is 12.1. The van der Waals surface area contributed by atoms with Crippen LogP contribution in [0.3, 0.4) is 0 Å². The summed E-state index contributed by atoms with van der Waals surface area (Å²) >= 11 is 0. The van der Waals surface area contributed by atoms with Crippen LogP contribution in [-0.4, -0.2) is 50.9 Å². The number of sulfonamides is 1. The van der Waals surface area contributed by atoms with Crippen LogP contribution in [0.5, 0.6) is 0 Å². The summed E-state index contributed by atoms with van der Waals surface area (Å²) < 4.78 is 33.3. The van der Waals surface area contributed by atoms with E-state index in [0.717, 1.165) is 18.4 Å². The van der Waals surface area contributed by atoms with Crippen molar-refractivity contribution in [2.24, 2.45) is 0 Å². The molecule has 2 aromatic rings. The highest BCUT2D eigenvalue weighted by Gasteiger charge is 2.24. The van der Waals surface area contributed by atoms with Crippen LogP contribution in [0.15, 0.2) is 53.4 Å². The van der Waals surface area contributed by atoms with E-state index in [-0.39, 0.29) is 29.4 Å². The zero-order valence-electron chi connectivity index (χ0n) is 18.3. The van der Waals surface area contributed by atoms with Gasteiger partial charge in [0.25, 0.3) is 5.91 Å². The van der Waals surface area contributed by atoms with Crippen molar-refractivity contribution in [1.29, 1.82) is 0 Å². The maximum absolute atomic E-state index is 12.8. The number of anilines is 1. The van der Waals surface area contributed by atoms with Gasteiger partial charge < -0.3 is 15.0 Å². The van der Waals surface area contributed by atoms with Crippen LogP contribution in [0, 0.1) is 0 Å². The van der Waals surface area contributed by atoms with E-state index in [2.05, 4.69) is 10.0 Å². The number of nitrogens with one attached hydrogen (secondary N) is 2. The molecule has 2 amide bonds. The van der Waals surface area contributed by atoms with Crippen molar-refractivity contribution in [2.75, 3.05) is 25.0 Å². The molecule has 1 atom stereocenters. The van der Waals surface area contributed by atoms with Crippen LogP contribution in [0.4, 0.5) is 5.69 Å². The fourth-order valence-corrected chi connectivity index (χ4v) is 4.64. The standard InChI is InChI=1S/C23H29N3O5S/c1-3-31-21-5-4-14-26(16-21)23(28)19-8-6-18(7-9-19)15-24-32(29,30)22-12-10-20(11-13-22)25-17(2)27/h6-13,21,24H,3-5,14-16H2,1-2H3,(H,25,27). The van der Waals surface area contributed by atoms with Gasteiger partial charge in [0.15, 0.2) is 0 Å². The Hall–Kier alpha value is -2.75. The molecule has 1 aliphatic heterocycles. The minimum absolute atomic E-state index is 0.0409. The lowest BCUT2D eigenvalue weighted by molar-refractivity contribution is -0.114. The van der Waals surface area contributed by atoms with Crippen LogP contribution in [0.25, 0.3) is 0 Å². The van der Waals surface area contributed by atoms with Crippen molar-refractivity contribution in [3.63, 3.8) is 0 Å². The summed E-state index contributed by atoms with van der Waals surface area (Å²) in [5.41, 5.74) is 1.84. The van der Waals surface area contributed by atoms with Gasteiger partial charge in [0.2, 0.25) is 15.9 Å². The molecule has 1 saturated heterocycles. The predicted molar refractivity (Wildman–Crippen MR) is 122 cm³/mol. The Morgan fingerprint density at radius 1 is 1.09 bits per heavy atom. The maximum atomic E-state index is 12.8. The van der Waals surface area contributed by atoms with Crippen molar-refractivity contribution in [1.82, 2.24) is 9.62 Å². The number of nitrogens with zero attached hydrogens (tertiary/aromatic N) is 1. The fourth-order valence-electron chi connectivity index (χ4n) is 3.62. The molecule has 1 fully saturated rings. The average Bonchev–Trinajstić information content (AvgIpc) is 2.78. The molecule has 9 heteroatoms. The molecule has 0 saturated carbocycles. The molecule has 1 unspecified atom stereocenters. The molecule has 0 bridgehead atoms. The number of amides is 2. The highest BCUT2D eigenvalue weighted by molar-refractivity contribution is 7.89. The van der Waals surface area contributed by atoms with Crippen molar-refractivity contribution >= 4 is 27.5 Å². The summed E-state index contributed by atoms with van der Waals surface area (Å²) in [4.78, 5) is 25.8. The van der Waals surface area contributed by atoms with Gasteiger partial charge in [0, 0.05) is 44.4 Å². The smallest absolute Gasteiger partial charge is 0.253 e. The molecule has 2 N–H and O–H groups in total. The summed E-state index contributed by atoms with van der Waals surface area (Å²) in [6, 6.07) is 12.9. The van der Waals surface area contributed by atoms with Crippen LogP contribution < -0.4 is 10.0 Å². The highest BCUT2D eigenvalue weighted by atomic mass is 32.2. The first-order valence-electron chi connectivity index (χ1n) is 10.7. The Bertz CT molecular complexity index is 1030. The molecule has 0 radical (unpaired) electrons. The SMILES string of the molecule is CCOC1CCCN(C(=O)c2ccc(CNS(=O)(=O)c3ccc(NC(C)=O)cc3)cc2)C1. The molecule has 3 rings (SSSR count). The van der Waals surface area contributed by atoms with E-state index in [1.165, 1.54) is 31.2 Å². The second-order valence-corrected chi connectivity index (χ2v) is 9.46. The third-order valence-electron chi connectivity index (χ3n) is 5.22. The number of rotatable bonds is 8. The third-order valence-corrected chi connectivity index (χ3v) is 6.64. The van der Waals surface area contributed by atoms with Crippen LogP contribution in [0.2, 0.25) is 0 Å². The minimum atomic E-state index is -3.71. The highest BCUT2D eigenvalue weighted by Crippen LogP contribution is 2.18. The number of likely N-dealkylation sites (tertiary alicyclic amines) is 1. The first kappa shape index (κ1) is 23.9. The van der Waals surface area contributed by atoms with Crippen molar-refractivity contribution < 1.29 is 22.7 Å². The number of benzene rings is 2. The number of carbonyl (C=O) groups is 2. The number of hydrogen-bond donors (Lipinski definition) is 2. The van der Waals surface area contributed by atoms with Gasteiger partial charge in [-0.05, 0) is 61.7 Å². The fraction of sp³-hybridized carbons (Fsp3) is 0.391. The van der Waals surface area contributed by atoms with Gasteiger partial charge in [0.1, 0.15) is 0 Å². The van der Waals surface area contributed by atoms with E-state index in [1.54, 1.807) is 24.3 Å². The van der Waals surface area contributed by atoms with Gasteiger partial charge in [-0.3, -0.25) is 9.59 Å². The summed E-state index contributed by atoms with van der Waals surface area (Å²) in [6.07, 6.45) is 1.97. The van der Waals surface area contributed by atoms with E-state index in [4.69, 9.17) is 4.74 Å². The van der Waals surface area contributed by atoms with Crippen molar-refractivity contribution in [3.8, 4) is 0 Å². The molecular formula is C23H29N3O5S. The van der Waals surface area contributed by atoms with Crippen LogP contribution >= 0.6 is 0 Å². The largest absolute Gasteiger partial charge is 0.377 e. The molecule has 32 heavy (non-hydrogen) atoms. The van der Waals surface area contributed by atoms with E-state index >= 15 is 0 Å². The quantitative estimate of drug-likeness (QED) is 0.632. The lowest BCUT2D eigenvalue weighted by Gasteiger charge is -2.32. The second kappa shape index (κ2) is 10.7. The van der Waals surface area contributed by atoms with E-state index in [9.17, 15) is 18.0 Å². The summed E-state index contributed by atoms with van der Waals surface area (Å²) in [7, 11) is -3.71. The zero-order chi connectivity index (χ0) is 23.1. The molecule has 1 aliphatic rings. The molecule has 2 aromatic carbocycles. The van der Waals surface area contributed by atoms with E-state index in [0.29, 0.717) is 30.9 Å². The summed E-state index contributed by atoms with van der Waals surface area (Å²) in [5, 5.41) is 2.60. The Morgan fingerprint density at radius 2 is 1.78 bits per heavy atom. The van der Waals surface area contributed by atoms with Gasteiger partial charge in [-0.15, -0.1) is 0 Å². The van der Waals surface area contributed by atoms with Gasteiger partial charge >= 0.3 is 0 Å². The number of ether oxygens (including phenoxy) is 1. The molecular weight excluding hydrogens is 430 g/mol. The lowest BCUT2D eigenvalue weighted by atomic mass is 10.1. The molecule has 1 heterocycles. The Labute approximate surface area is 189 Å². The van der Waals surface area contributed by atoms with Gasteiger partial charge in [-0.1, -0.05) is 12.1 Å². The Balaban J connectivity index is 1.58. The van der Waals surface area contributed by atoms with Crippen LogP contribution in [0.1, 0.15) is 42.6 Å². The summed E-state index contributed by atoms with van der Waals surface area (Å²) in [6.45, 7) is 5.38. The molecule has 8 nitrogen and oxygen atoms in total. The monoisotopic (exact) mass is 459 g/mol. The Kier molecular flexibility index (Phi) is 8.00. The first-order chi connectivity index (χ1) is 15.3. The molecule has 0 spiro atoms. The van der Waals surface area contributed by atoms with Gasteiger partial charge in [-0.25, -0.2) is 13.1 Å². The molecule has 0 aromatic heterocycles. The van der Waals surface area contributed by atoms with E-state index in [1.807, 2.05) is 11.8 Å². The molecule has 172 valence electrons. The third kappa shape index (κ3) is 6.38. The second-order valence-electron chi connectivity index (χ2n) is 7.70. The number of piperidine rings is 1. The maximum Gasteiger partial charge on any atom is 0.253 e. The van der Waals surface area contributed by atoms with Crippen molar-refractivity contribution in [3.05, 3.63) is 59.7 Å². The molecule has 0 aliphatic carbocycles. The lowest BCUT2D eigenvalue weighted by Crippen LogP contribution is -2.43. The van der Waals surface area contributed by atoms with Gasteiger partial charge in [0.05, 0.1) is 11.0 Å². The average molecular weight is 460 g/mol.